The van der Waals surface area contributed by atoms with Gasteiger partial charge in [0.25, 0.3) is 0 Å². The molecule has 1 aliphatic rings. The van der Waals surface area contributed by atoms with Gasteiger partial charge in [0.15, 0.2) is 5.43 Å². The zero-order valence-corrected chi connectivity index (χ0v) is 19.8. The van der Waals surface area contributed by atoms with E-state index >= 15 is 0 Å². The number of carbonyl (C=O) groups excluding carboxylic acids is 1. The molecule has 0 spiro atoms. The van der Waals surface area contributed by atoms with Gasteiger partial charge in [-0.05, 0) is 56.4 Å². The molecule has 0 atom stereocenters. The van der Waals surface area contributed by atoms with Crippen LogP contribution in [0.15, 0.2) is 75.5 Å². The predicted molar refractivity (Wildman–Crippen MR) is 131 cm³/mol. The fraction of sp³-hybridized carbons (Fsp3) is 0.308. The minimum absolute atomic E-state index is 0.128. The first-order chi connectivity index (χ1) is 16.1. The van der Waals surface area contributed by atoms with E-state index in [0.29, 0.717) is 16.4 Å². The monoisotopic (exact) mass is 461 g/mol. The summed E-state index contributed by atoms with van der Waals surface area (Å²) in [4.78, 5) is 24.6. The van der Waals surface area contributed by atoms with E-state index < -0.39 is 24.4 Å². The zero-order chi connectivity index (χ0) is 24.3. The van der Waals surface area contributed by atoms with Gasteiger partial charge in [-0.25, -0.2) is 4.79 Å². The lowest BCUT2D eigenvalue weighted by Crippen LogP contribution is -2.41. The molecule has 1 aliphatic heterocycles. The fourth-order valence-electron chi connectivity index (χ4n) is 3.55. The number of alkyl carbamates (subject to hydrolysis) is 1. The van der Waals surface area contributed by atoms with Crippen molar-refractivity contribution < 1.29 is 23.3 Å². The summed E-state index contributed by atoms with van der Waals surface area (Å²) in [6, 6.07) is 16.2. The molecule has 1 aromatic heterocycles. The normalized spacial score (nSPS) is 17.1. The molecule has 4 rings (SSSR count). The van der Waals surface area contributed by atoms with Gasteiger partial charge < -0.3 is 23.8 Å². The van der Waals surface area contributed by atoms with Crippen molar-refractivity contribution in [2.24, 2.45) is 0 Å². The topological polar surface area (TPSA) is 87.0 Å². The number of hydrogen-bond acceptors (Lipinski definition) is 6. The lowest BCUT2D eigenvalue weighted by Gasteiger charge is -2.32. The average molecular weight is 461 g/mol. The maximum absolute atomic E-state index is 12.4. The van der Waals surface area contributed by atoms with Gasteiger partial charge in [0.2, 0.25) is 0 Å². The van der Waals surface area contributed by atoms with Gasteiger partial charge in [-0.15, -0.1) is 0 Å². The number of carbonyl (C=O) groups is 1. The maximum Gasteiger partial charge on any atom is 0.492 e. The van der Waals surface area contributed by atoms with Crippen LogP contribution in [0, 0.1) is 0 Å². The Labute approximate surface area is 198 Å². The fourth-order valence-corrected chi connectivity index (χ4v) is 3.55. The van der Waals surface area contributed by atoms with E-state index in [-0.39, 0.29) is 18.6 Å². The number of rotatable bonds is 6. The quantitative estimate of drug-likeness (QED) is 0.534. The Kier molecular flexibility index (Phi) is 6.64. The summed E-state index contributed by atoms with van der Waals surface area (Å²) in [6.07, 6.45) is 2.68. The third kappa shape index (κ3) is 5.24. The van der Waals surface area contributed by atoms with Gasteiger partial charge in [0, 0.05) is 12.6 Å². The average Bonchev–Trinajstić information content (AvgIpc) is 3.03. The molecular weight excluding hydrogens is 433 g/mol. The molecule has 176 valence electrons. The van der Waals surface area contributed by atoms with Crippen molar-refractivity contribution in [3.63, 3.8) is 0 Å². The largest absolute Gasteiger partial charge is 0.492 e. The molecule has 0 aliphatic carbocycles. The van der Waals surface area contributed by atoms with Crippen LogP contribution in [0.2, 0.25) is 0 Å². The molecule has 8 heteroatoms. The number of nitrogens with one attached hydrogen (secondary N) is 1. The standard InChI is InChI=1S/C26H28BNO6/c1-25(2)26(3,4)34-27(33-25)20(16-28-24(30)32-17-18-8-6-5-7-9-18)14-19-10-11-23-21(15-19)22(29)12-13-31-23/h5-15H,16-17H2,1-4H3,(H,28,30). The van der Waals surface area contributed by atoms with Crippen molar-refractivity contribution in [1.82, 2.24) is 5.32 Å². The van der Waals surface area contributed by atoms with Gasteiger partial charge >= 0.3 is 13.2 Å². The van der Waals surface area contributed by atoms with E-state index in [2.05, 4.69) is 5.32 Å². The third-order valence-electron chi connectivity index (χ3n) is 6.24. The van der Waals surface area contributed by atoms with Crippen LogP contribution in [0.25, 0.3) is 17.0 Å². The van der Waals surface area contributed by atoms with Crippen LogP contribution < -0.4 is 10.7 Å². The van der Waals surface area contributed by atoms with Gasteiger partial charge in [-0.3, -0.25) is 4.79 Å². The van der Waals surface area contributed by atoms with Gasteiger partial charge in [0.1, 0.15) is 12.2 Å². The molecule has 2 aromatic carbocycles. The van der Waals surface area contributed by atoms with E-state index in [1.807, 2.05) is 70.2 Å². The predicted octanol–water partition coefficient (Wildman–Crippen LogP) is 4.73. The van der Waals surface area contributed by atoms with Crippen molar-refractivity contribution in [1.29, 1.82) is 0 Å². The molecule has 1 amide bonds. The number of benzene rings is 2. The van der Waals surface area contributed by atoms with Gasteiger partial charge in [-0.2, -0.15) is 0 Å². The minimum atomic E-state index is -0.678. The molecule has 0 unspecified atom stereocenters. The van der Waals surface area contributed by atoms with Crippen LogP contribution >= 0.6 is 0 Å². The van der Waals surface area contributed by atoms with Crippen LogP contribution in [-0.4, -0.2) is 31.0 Å². The number of hydrogen-bond donors (Lipinski definition) is 1. The molecule has 1 N–H and O–H groups in total. The molecule has 2 heterocycles. The first-order valence-corrected chi connectivity index (χ1v) is 11.2. The summed E-state index contributed by atoms with van der Waals surface area (Å²) in [6.45, 7) is 8.18. The molecule has 0 radical (unpaired) electrons. The van der Waals surface area contributed by atoms with Crippen molar-refractivity contribution in [3.8, 4) is 0 Å². The number of amides is 1. The van der Waals surface area contributed by atoms with Crippen LogP contribution in [0.1, 0.15) is 38.8 Å². The molecule has 0 saturated carbocycles. The Morgan fingerprint density at radius 1 is 1.03 bits per heavy atom. The van der Waals surface area contributed by atoms with Crippen molar-refractivity contribution in [3.05, 3.63) is 87.7 Å². The van der Waals surface area contributed by atoms with E-state index in [1.165, 1.54) is 12.3 Å². The van der Waals surface area contributed by atoms with E-state index in [1.54, 1.807) is 12.1 Å². The van der Waals surface area contributed by atoms with Crippen molar-refractivity contribution in [2.75, 3.05) is 6.54 Å². The highest BCUT2D eigenvalue weighted by Crippen LogP contribution is 2.38. The summed E-state index contributed by atoms with van der Waals surface area (Å²) in [5.74, 6) is 0. The Morgan fingerprint density at radius 2 is 1.74 bits per heavy atom. The van der Waals surface area contributed by atoms with Gasteiger partial charge in [-0.1, -0.05) is 42.5 Å². The summed E-state index contributed by atoms with van der Waals surface area (Å²) in [5.41, 5.74) is 1.63. The Bertz CT molecular complexity index is 1250. The van der Waals surface area contributed by atoms with Gasteiger partial charge in [0.05, 0.1) is 22.9 Å². The molecule has 7 nitrogen and oxygen atoms in total. The second kappa shape index (κ2) is 9.48. The van der Waals surface area contributed by atoms with E-state index in [0.717, 1.165) is 11.1 Å². The first kappa shape index (κ1) is 23.8. The number of fused-ring (bicyclic) bond motifs is 1. The molecule has 0 bridgehead atoms. The second-order valence-electron chi connectivity index (χ2n) is 9.26. The van der Waals surface area contributed by atoms with Crippen LogP contribution in [0.3, 0.4) is 0 Å². The van der Waals surface area contributed by atoms with Crippen LogP contribution in [0.4, 0.5) is 4.79 Å². The Morgan fingerprint density at radius 3 is 2.44 bits per heavy atom. The summed E-state index contributed by atoms with van der Waals surface area (Å²) in [7, 11) is -0.678. The minimum Gasteiger partial charge on any atom is -0.464 e. The highest BCUT2D eigenvalue weighted by Gasteiger charge is 2.52. The van der Waals surface area contributed by atoms with Crippen LogP contribution in [-0.2, 0) is 20.7 Å². The Hall–Kier alpha value is -3.36. The Balaban J connectivity index is 1.55. The molecule has 1 saturated heterocycles. The van der Waals surface area contributed by atoms with E-state index in [4.69, 9.17) is 18.5 Å². The molecule has 3 aromatic rings. The SMILES string of the molecule is CC1(C)OB(C(=Cc2ccc3occc(=O)c3c2)CNC(=O)OCc2ccccc2)OC1(C)C. The summed E-state index contributed by atoms with van der Waals surface area (Å²) >= 11 is 0. The number of ether oxygens (including phenoxy) is 1. The second-order valence-corrected chi connectivity index (χ2v) is 9.26. The molecule has 1 fully saturated rings. The highest BCUT2D eigenvalue weighted by atomic mass is 16.7. The smallest absolute Gasteiger partial charge is 0.464 e. The molecule has 34 heavy (non-hydrogen) atoms. The first-order valence-electron chi connectivity index (χ1n) is 11.2. The highest BCUT2D eigenvalue weighted by molar-refractivity contribution is 6.56. The lowest BCUT2D eigenvalue weighted by atomic mass is 9.77. The van der Waals surface area contributed by atoms with Crippen molar-refractivity contribution >= 4 is 30.3 Å². The van der Waals surface area contributed by atoms with Crippen LogP contribution in [0.5, 0.6) is 0 Å². The zero-order valence-electron chi connectivity index (χ0n) is 19.8. The molecular formula is C26H28BNO6. The summed E-state index contributed by atoms with van der Waals surface area (Å²) < 4.78 is 23.2. The summed E-state index contributed by atoms with van der Waals surface area (Å²) in [5, 5.41) is 3.26. The lowest BCUT2D eigenvalue weighted by molar-refractivity contribution is 0.00578. The maximum atomic E-state index is 12.4. The third-order valence-corrected chi connectivity index (χ3v) is 6.24. The van der Waals surface area contributed by atoms with Crippen molar-refractivity contribution in [2.45, 2.75) is 45.5 Å². The van der Waals surface area contributed by atoms with E-state index in [9.17, 15) is 9.59 Å².